The summed E-state index contributed by atoms with van der Waals surface area (Å²) in [6.07, 6.45) is 0. The van der Waals surface area contributed by atoms with Crippen LogP contribution >= 0.6 is 11.6 Å². The first-order chi connectivity index (χ1) is 14.4. The molecule has 0 aliphatic rings. The SMILES string of the molecule is CCN(CC)Cc1cccc(NC(=O)c2nn(-c3ccc(Cl)cc3)c(C)cc2=O)c1. The number of carbonyl (C=O) groups excluding carboxylic acids is 1. The van der Waals surface area contributed by atoms with Gasteiger partial charge < -0.3 is 5.32 Å². The summed E-state index contributed by atoms with van der Waals surface area (Å²) in [7, 11) is 0. The van der Waals surface area contributed by atoms with Crippen molar-refractivity contribution in [2.45, 2.75) is 27.3 Å². The number of benzene rings is 2. The van der Waals surface area contributed by atoms with E-state index in [2.05, 4.69) is 29.2 Å². The predicted molar refractivity (Wildman–Crippen MR) is 121 cm³/mol. The zero-order valence-electron chi connectivity index (χ0n) is 17.4. The van der Waals surface area contributed by atoms with Crippen molar-refractivity contribution in [1.29, 1.82) is 0 Å². The van der Waals surface area contributed by atoms with Crippen LogP contribution in [0.1, 0.15) is 35.6 Å². The van der Waals surface area contributed by atoms with Crippen molar-refractivity contribution in [3.05, 3.63) is 86.8 Å². The molecule has 0 bridgehead atoms. The third-order valence-corrected chi connectivity index (χ3v) is 5.13. The van der Waals surface area contributed by atoms with E-state index in [4.69, 9.17) is 11.6 Å². The van der Waals surface area contributed by atoms with Gasteiger partial charge in [0, 0.05) is 29.0 Å². The van der Waals surface area contributed by atoms with E-state index in [1.807, 2.05) is 18.2 Å². The number of aromatic nitrogens is 2. The number of aryl methyl sites for hydroxylation is 1. The van der Waals surface area contributed by atoms with Crippen molar-refractivity contribution < 1.29 is 4.79 Å². The van der Waals surface area contributed by atoms with Crippen LogP contribution in [0.4, 0.5) is 5.69 Å². The molecule has 0 radical (unpaired) electrons. The molecule has 0 aliphatic heterocycles. The highest BCUT2D eigenvalue weighted by Gasteiger charge is 2.16. The van der Waals surface area contributed by atoms with Crippen molar-refractivity contribution >= 4 is 23.2 Å². The van der Waals surface area contributed by atoms with E-state index >= 15 is 0 Å². The minimum atomic E-state index is -0.539. The van der Waals surface area contributed by atoms with Gasteiger partial charge in [-0.2, -0.15) is 5.10 Å². The summed E-state index contributed by atoms with van der Waals surface area (Å²) in [6, 6.07) is 16.1. The lowest BCUT2D eigenvalue weighted by atomic mass is 10.2. The zero-order valence-corrected chi connectivity index (χ0v) is 18.1. The van der Waals surface area contributed by atoms with Crippen molar-refractivity contribution in [2.24, 2.45) is 0 Å². The van der Waals surface area contributed by atoms with Crippen LogP contribution < -0.4 is 10.7 Å². The fraction of sp³-hybridized carbons (Fsp3) is 0.261. The lowest BCUT2D eigenvalue weighted by molar-refractivity contribution is 0.101. The molecule has 1 aromatic heterocycles. The molecule has 7 heteroatoms. The first-order valence-corrected chi connectivity index (χ1v) is 10.3. The van der Waals surface area contributed by atoms with Crippen LogP contribution in [0.25, 0.3) is 5.69 Å². The van der Waals surface area contributed by atoms with Gasteiger partial charge in [0.1, 0.15) is 0 Å². The van der Waals surface area contributed by atoms with Gasteiger partial charge in [-0.1, -0.05) is 37.6 Å². The van der Waals surface area contributed by atoms with Crippen LogP contribution in [0.2, 0.25) is 5.02 Å². The molecule has 3 rings (SSSR count). The average Bonchev–Trinajstić information content (AvgIpc) is 2.73. The molecule has 0 spiro atoms. The van der Waals surface area contributed by atoms with Gasteiger partial charge in [0.25, 0.3) is 5.91 Å². The molecule has 30 heavy (non-hydrogen) atoms. The maximum atomic E-state index is 12.8. The Balaban J connectivity index is 1.86. The van der Waals surface area contributed by atoms with Gasteiger partial charge in [0.2, 0.25) is 5.43 Å². The normalized spacial score (nSPS) is 11.0. The third-order valence-electron chi connectivity index (χ3n) is 4.88. The van der Waals surface area contributed by atoms with Gasteiger partial charge >= 0.3 is 0 Å². The Morgan fingerprint density at radius 3 is 2.47 bits per heavy atom. The van der Waals surface area contributed by atoms with Gasteiger partial charge in [0.15, 0.2) is 5.69 Å². The average molecular weight is 425 g/mol. The highest BCUT2D eigenvalue weighted by molar-refractivity contribution is 6.30. The van der Waals surface area contributed by atoms with Crippen LogP contribution in [-0.2, 0) is 6.54 Å². The molecule has 0 fully saturated rings. The number of halogens is 1. The van der Waals surface area contributed by atoms with Gasteiger partial charge in [-0.05, 0) is 62.0 Å². The van der Waals surface area contributed by atoms with Crippen LogP contribution in [0.15, 0.2) is 59.4 Å². The number of rotatable bonds is 7. The van der Waals surface area contributed by atoms with Crippen LogP contribution in [0.5, 0.6) is 0 Å². The molecule has 156 valence electrons. The highest BCUT2D eigenvalue weighted by atomic mass is 35.5. The lowest BCUT2D eigenvalue weighted by Gasteiger charge is -2.18. The van der Waals surface area contributed by atoms with Crippen molar-refractivity contribution in [1.82, 2.24) is 14.7 Å². The molecular weight excluding hydrogens is 400 g/mol. The summed E-state index contributed by atoms with van der Waals surface area (Å²) >= 11 is 5.95. The Kier molecular flexibility index (Phi) is 7.03. The summed E-state index contributed by atoms with van der Waals surface area (Å²) in [5.41, 5.74) is 2.47. The first kappa shape index (κ1) is 21.7. The zero-order chi connectivity index (χ0) is 21.7. The maximum absolute atomic E-state index is 12.8. The second-order valence-electron chi connectivity index (χ2n) is 7.00. The maximum Gasteiger partial charge on any atom is 0.280 e. The Hall–Kier alpha value is -2.96. The van der Waals surface area contributed by atoms with Crippen molar-refractivity contribution in [2.75, 3.05) is 18.4 Å². The number of amides is 1. The number of carbonyl (C=O) groups is 1. The molecule has 2 aromatic carbocycles. The first-order valence-electron chi connectivity index (χ1n) is 9.90. The Bertz CT molecular complexity index is 1090. The third kappa shape index (κ3) is 5.14. The Morgan fingerprint density at radius 1 is 1.10 bits per heavy atom. The molecule has 0 atom stereocenters. The number of anilines is 1. The molecule has 0 saturated carbocycles. The molecule has 1 heterocycles. The second kappa shape index (κ2) is 9.69. The van der Waals surface area contributed by atoms with E-state index in [1.165, 1.54) is 6.07 Å². The summed E-state index contributed by atoms with van der Waals surface area (Å²) in [6.45, 7) is 8.69. The smallest absolute Gasteiger partial charge is 0.280 e. The van der Waals surface area contributed by atoms with Crippen molar-refractivity contribution in [3.63, 3.8) is 0 Å². The van der Waals surface area contributed by atoms with Crippen LogP contribution in [0, 0.1) is 6.92 Å². The van der Waals surface area contributed by atoms with E-state index in [0.29, 0.717) is 22.1 Å². The van der Waals surface area contributed by atoms with Gasteiger partial charge in [-0.25, -0.2) is 4.68 Å². The van der Waals surface area contributed by atoms with E-state index in [9.17, 15) is 9.59 Å². The Labute approximate surface area is 181 Å². The molecular formula is C23H25ClN4O2. The summed E-state index contributed by atoms with van der Waals surface area (Å²) < 4.78 is 1.56. The highest BCUT2D eigenvalue weighted by Crippen LogP contribution is 2.15. The van der Waals surface area contributed by atoms with E-state index < -0.39 is 11.3 Å². The molecule has 0 unspecified atom stereocenters. The topological polar surface area (TPSA) is 67.2 Å². The minimum absolute atomic E-state index is 0.162. The van der Waals surface area contributed by atoms with Crippen LogP contribution in [-0.4, -0.2) is 33.7 Å². The van der Waals surface area contributed by atoms with Crippen LogP contribution in [0.3, 0.4) is 0 Å². The molecule has 1 amide bonds. The summed E-state index contributed by atoms with van der Waals surface area (Å²) in [4.78, 5) is 27.5. The molecule has 3 aromatic rings. The standard InChI is InChI=1S/C23H25ClN4O2/c1-4-27(5-2)15-17-7-6-8-19(14-17)25-23(30)22-21(29)13-16(3)28(26-22)20-11-9-18(24)10-12-20/h6-14H,4-5,15H2,1-3H3,(H,25,30). The number of nitrogens with one attached hydrogen (secondary N) is 1. The van der Waals surface area contributed by atoms with Crippen molar-refractivity contribution in [3.8, 4) is 5.69 Å². The lowest BCUT2D eigenvalue weighted by Crippen LogP contribution is -2.27. The minimum Gasteiger partial charge on any atom is -0.320 e. The molecule has 0 saturated heterocycles. The number of hydrogen-bond donors (Lipinski definition) is 1. The predicted octanol–water partition coefficient (Wildman–Crippen LogP) is 4.29. The van der Waals surface area contributed by atoms with E-state index in [0.717, 1.165) is 25.2 Å². The fourth-order valence-corrected chi connectivity index (χ4v) is 3.32. The summed E-state index contributed by atoms with van der Waals surface area (Å²) in [5, 5.41) is 7.70. The summed E-state index contributed by atoms with van der Waals surface area (Å²) in [5.74, 6) is -0.539. The number of nitrogens with zero attached hydrogens (tertiary/aromatic N) is 3. The quantitative estimate of drug-likeness (QED) is 0.614. The van der Waals surface area contributed by atoms with Gasteiger partial charge in [-0.3, -0.25) is 14.5 Å². The Morgan fingerprint density at radius 2 is 1.80 bits per heavy atom. The van der Waals surface area contributed by atoms with Gasteiger partial charge in [-0.15, -0.1) is 0 Å². The number of hydrogen-bond acceptors (Lipinski definition) is 4. The molecule has 0 aliphatic carbocycles. The van der Waals surface area contributed by atoms with E-state index in [1.54, 1.807) is 41.9 Å². The monoisotopic (exact) mass is 424 g/mol. The van der Waals surface area contributed by atoms with E-state index in [-0.39, 0.29) is 5.69 Å². The molecule has 6 nitrogen and oxygen atoms in total. The fourth-order valence-electron chi connectivity index (χ4n) is 3.19. The van der Waals surface area contributed by atoms with Gasteiger partial charge in [0.05, 0.1) is 5.69 Å². The largest absolute Gasteiger partial charge is 0.320 e. The second-order valence-corrected chi connectivity index (χ2v) is 7.44. The molecule has 1 N–H and O–H groups in total.